The predicted octanol–water partition coefficient (Wildman–Crippen LogP) is 7.14. The molecule has 10 bridgehead atoms. The third kappa shape index (κ3) is 6.03. The number of hydrogen-bond acceptors (Lipinski definition) is 13. The van der Waals surface area contributed by atoms with E-state index in [1.165, 1.54) is 4.57 Å². The van der Waals surface area contributed by atoms with Crippen LogP contribution in [0.15, 0.2) is 57.4 Å². The number of fused-ring (bicyclic) bond motifs is 7. The molecule has 0 saturated carbocycles. The summed E-state index contributed by atoms with van der Waals surface area (Å²) in [6.07, 6.45) is -0.537. The molecule has 0 radical (unpaired) electrons. The van der Waals surface area contributed by atoms with Crippen LogP contribution in [0.1, 0.15) is 74.9 Å². The number of benzene rings is 3. The molecule has 3 aromatic heterocycles. The second-order valence-electron chi connectivity index (χ2n) is 16.4. The Bertz CT molecular complexity index is 2880. The van der Waals surface area contributed by atoms with Gasteiger partial charge in [-0.05, 0) is 30.4 Å². The van der Waals surface area contributed by atoms with Crippen molar-refractivity contribution in [1.29, 1.82) is 0 Å². The summed E-state index contributed by atoms with van der Waals surface area (Å²) in [5, 5.41) is 21.5. The van der Waals surface area contributed by atoms with Gasteiger partial charge in [0.05, 0.1) is 0 Å². The molecule has 324 valence electrons. The molecular weight excluding hydrogens is 886 g/mol. The molecule has 4 aliphatic heterocycles. The number of aromatic nitrogens is 3. The molecule has 0 saturated heterocycles. The molecule has 7 N–H and O–H groups in total. The fraction of sp³-hybridized carbons (Fsp3) is 0.333. The van der Waals surface area contributed by atoms with Crippen LogP contribution in [-0.4, -0.2) is 64.0 Å². The summed E-state index contributed by atoms with van der Waals surface area (Å²) in [6.45, 7) is 6.64. The number of anilines is 1. The van der Waals surface area contributed by atoms with E-state index in [2.05, 4.69) is 16.0 Å². The second-order valence-corrected chi connectivity index (χ2v) is 19.0. The maximum absolute atomic E-state index is 14.4. The van der Waals surface area contributed by atoms with Crippen LogP contribution in [0.25, 0.3) is 44.9 Å². The van der Waals surface area contributed by atoms with Gasteiger partial charge in [0, 0.05) is 6.42 Å². The quantitative estimate of drug-likeness (QED) is 0.0755. The van der Waals surface area contributed by atoms with E-state index in [9.17, 15) is 29.4 Å². The van der Waals surface area contributed by atoms with E-state index in [0.29, 0.717) is 55.2 Å². The van der Waals surface area contributed by atoms with E-state index >= 15 is 0 Å². The van der Waals surface area contributed by atoms with Crippen LogP contribution in [0.5, 0.6) is 5.75 Å². The fourth-order valence-corrected chi connectivity index (χ4v) is 10.3. The SMILES string of the molecule is CCC(O)(CC)C(=O)N[C@H]1Cc2ccc3c(c2)C24c5cc(Cl)cc(c5NC2O3)-c2cccc3c2c(c(Cl)n3CO[PH](O)(O)O)-c2oc(nc2Cl)-c2nc(oc24)C(C(C)C)NC1=O. The Labute approximate surface area is 368 Å². The van der Waals surface area contributed by atoms with E-state index in [-0.39, 0.29) is 70.0 Å². The van der Waals surface area contributed by atoms with Gasteiger partial charge in [-0.25, -0.2) is 0 Å². The Morgan fingerprint density at radius 1 is 1.05 bits per heavy atom. The van der Waals surface area contributed by atoms with Crippen LogP contribution in [-0.2, 0) is 32.7 Å². The van der Waals surface area contributed by atoms with Crippen LogP contribution >= 0.6 is 43.0 Å². The number of carbonyl (C=O) groups excluding carboxylic acids is 2. The molecule has 0 aliphatic carbocycles. The van der Waals surface area contributed by atoms with Gasteiger partial charge >= 0.3 is 251 Å². The molecule has 4 aliphatic rings. The summed E-state index contributed by atoms with van der Waals surface area (Å²) in [5.41, 5.74) is 1.63. The van der Waals surface area contributed by atoms with Crippen molar-refractivity contribution >= 4 is 71.4 Å². The first-order valence-electron chi connectivity index (χ1n) is 20.0. The number of aliphatic hydroxyl groups is 1. The summed E-state index contributed by atoms with van der Waals surface area (Å²) in [7, 11) is -5.01. The Hall–Kier alpha value is -4.74. The molecule has 7 heterocycles. The van der Waals surface area contributed by atoms with Gasteiger partial charge in [0.1, 0.15) is 11.6 Å². The van der Waals surface area contributed by atoms with Gasteiger partial charge in [-0.1, -0.05) is 33.8 Å². The second kappa shape index (κ2) is 14.4. The van der Waals surface area contributed by atoms with Crippen molar-refractivity contribution in [1.82, 2.24) is 25.2 Å². The molecule has 0 fully saturated rings. The predicted molar refractivity (Wildman–Crippen MR) is 231 cm³/mol. The van der Waals surface area contributed by atoms with Crippen molar-refractivity contribution in [3.8, 4) is 39.8 Å². The molecule has 3 unspecified atom stereocenters. The zero-order valence-corrected chi connectivity index (χ0v) is 36.7. The van der Waals surface area contributed by atoms with E-state index < -0.39 is 56.0 Å². The summed E-state index contributed by atoms with van der Waals surface area (Å²) < 4.78 is 27.0. The van der Waals surface area contributed by atoms with E-state index in [1.54, 1.807) is 38.1 Å². The van der Waals surface area contributed by atoms with Crippen molar-refractivity contribution in [2.75, 3.05) is 5.32 Å². The number of oxazole rings is 2. The number of nitrogens with one attached hydrogen (secondary N) is 3. The summed E-state index contributed by atoms with van der Waals surface area (Å²) in [4.78, 5) is 67.3. The first-order chi connectivity index (χ1) is 29.5. The first-order valence-corrected chi connectivity index (χ1v) is 22.9. The van der Waals surface area contributed by atoms with Crippen LogP contribution in [0.2, 0.25) is 15.3 Å². The van der Waals surface area contributed by atoms with Gasteiger partial charge in [-0.3, -0.25) is 9.59 Å². The Balaban J connectivity index is 1.29. The van der Waals surface area contributed by atoms with Crippen LogP contribution < -0.4 is 20.7 Å². The summed E-state index contributed by atoms with van der Waals surface area (Å²) >= 11 is 21.3. The van der Waals surface area contributed by atoms with Crippen molar-refractivity contribution in [2.24, 2.45) is 5.92 Å². The number of carbonyl (C=O) groups is 2. The van der Waals surface area contributed by atoms with E-state index in [0.717, 1.165) is 0 Å². The van der Waals surface area contributed by atoms with Crippen molar-refractivity contribution in [3.63, 3.8) is 0 Å². The van der Waals surface area contributed by atoms with E-state index in [1.807, 2.05) is 38.1 Å². The zero-order valence-electron chi connectivity index (χ0n) is 33.5. The number of nitrogens with zero attached hydrogens (tertiary/aromatic N) is 3. The maximum atomic E-state index is 14.4. The third-order valence-electron chi connectivity index (χ3n) is 12.5. The average molecular weight is 926 g/mol. The average Bonchev–Trinajstić information content (AvgIpc) is 4.02. The van der Waals surface area contributed by atoms with Gasteiger partial charge in [-0.2, -0.15) is 0 Å². The Morgan fingerprint density at radius 2 is 1.82 bits per heavy atom. The van der Waals surface area contributed by atoms with E-state index in [4.69, 9.17) is 62.9 Å². The van der Waals surface area contributed by atoms with Crippen molar-refractivity contribution in [2.45, 2.75) is 83.0 Å². The minimum absolute atomic E-state index is 0.0112. The van der Waals surface area contributed by atoms with Crippen LogP contribution in [0.3, 0.4) is 0 Å². The monoisotopic (exact) mass is 924 g/mol. The number of halogens is 3. The molecule has 4 atom stereocenters. The smallest absolute Gasteiger partial charge is 0.342 e. The molecule has 6 aromatic rings. The van der Waals surface area contributed by atoms with Gasteiger partial charge in [0.25, 0.3) is 5.91 Å². The first kappa shape index (κ1) is 41.3. The van der Waals surface area contributed by atoms with Crippen molar-refractivity contribution < 1.29 is 47.5 Å². The van der Waals surface area contributed by atoms with Crippen LogP contribution in [0, 0.1) is 5.92 Å². The van der Waals surface area contributed by atoms with Crippen molar-refractivity contribution in [3.05, 3.63) is 92.2 Å². The van der Waals surface area contributed by atoms with Gasteiger partial charge < -0.3 is 15.7 Å². The molecule has 20 heteroatoms. The number of amides is 2. The van der Waals surface area contributed by atoms with Crippen LogP contribution in [0.4, 0.5) is 5.69 Å². The zero-order chi connectivity index (χ0) is 43.8. The minimum Gasteiger partial charge on any atom is -0.342 e. The molecule has 16 nitrogen and oxygen atoms in total. The third-order valence-corrected chi connectivity index (χ3v) is 13.9. The van der Waals surface area contributed by atoms with Gasteiger partial charge in [0.15, 0.2) is 0 Å². The minimum atomic E-state index is -5.01. The number of rotatable bonds is 8. The topological polar surface area (TPSA) is 227 Å². The molecule has 10 rings (SSSR count). The summed E-state index contributed by atoms with van der Waals surface area (Å²) in [5.74, 6) is -0.678. The fourth-order valence-electron chi connectivity index (χ4n) is 9.27. The van der Waals surface area contributed by atoms with Gasteiger partial charge in [0.2, 0.25) is 5.91 Å². The molecule has 1 spiro atoms. The molecule has 62 heavy (non-hydrogen) atoms. The molecular formula is C42H40Cl3N6O10P. The normalized spacial score (nSPS) is 21.2. The Morgan fingerprint density at radius 3 is 2.55 bits per heavy atom. The Kier molecular flexibility index (Phi) is 9.58. The molecule has 3 aromatic carbocycles. The standard InChI is InChI=1S/C42H40Cl3N6O10P/c1-5-41(54,6-2)39(53)46-24-13-18-10-11-26-22(12-18)42-23-15-19(43)14-21(30(23)49-40(42)59-26)20-8-7-9-25-27(20)28(35(45)51(25)16-58-62(55,56)57)32-34(44)50-38(60-32)31-33(42)61-37(48-31)29(17(3)4)47-36(24)52/h7-12,14-15,17,24,29,40,49,54-57,62H,5-6,13,16H2,1-4H3,(H,46,53)(H,47,52)/t24-,29?,40?,42?/m0/s1. The summed E-state index contributed by atoms with van der Waals surface area (Å²) in [6, 6.07) is 12.6. The number of ether oxygens (including phenoxy) is 1. The number of hydrogen-bond donors (Lipinski definition) is 7. The van der Waals surface area contributed by atoms with Gasteiger partial charge in [-0.15, -0.1) is 0 Å². The molecule has 2 amide bonds.